The predicted octanol–water partition coefficient (Wildman–Crippen LogP) is 4.97. The summed E-state index contributed by atoms with van der Waals surface area (Å²) in [5.41, 5.74) is 2.77. The van der Waals surface area contributed by atoms with Gasteiger partial charge in [-0.15, -0.1) is 11.3 Å². The highest BCUT2D eigenvalue weighted by molar-refractivity contribution is 7.15. The van der Waals surface area contributed by atoms with Crippen LogP contribution in [0.15, 0.2) is 60.0 Å². The summed E-state index contributed by atoms with van der Waals surface area (Å²) in [4.78, 5) is 25.1. The fourth-order valence-corrected chi connectivity index (χ4v) is 3.99. The number of carbonyl (C=O) groups is 2. The highest BCUT2D eigenvalue weighted by Gasteiger charge is 2.22. The van der Waals surface area contributed by atoms with Crippen molar-refractivity contribution >= 4 is 34.3 Å². The molecule has 6 nitrogen and oxygen atoms in total. The molecule has 4 rings (SSSR count). The van der Waals surface area contributed by atoms with Crippen molar-refractivity contribution in [1.29, 1.82) is 0 Å². The Bertz CT molecular complexity index is 1100. The van der Waals surface area contributed by atoms with Gasteiger partial charge in [-0.3, -0.25) is 4.79 Å². The van der Waals surface area contributed by atoms with E-state index in [9.17, 15) is 9.59 Å². The molecule has 3 aromatic rings. The van der Waals surface area contributed by atoms with Crippen molar-refractivity contribution in [3.8, 4) is 22.6 Å². The number of thiophene rings is 1. The molecule has 1 N–H and O–H groups in total. The van der Waals surface area contributed by atoms with Crippen molar-refractivity contribution in [3.63, 3.8) is 0 Å². The molecule has 1 aliphatic rings. The SMILES string of the molecule is CCOC(=O)c1c(-c2ccccc2)csc1NC(=O)C=Cc1ccc2c(c1)OCO2. The number of anilines is 1. The number of rotatable bonds is 6. The van der Waals surface area contributed by atoms with E-state index in [0.717, 1.165) is 16.7 Å². The molecule has 0 unspecified atom stereocenters. The smallest absolute Gasteiger partial charge is 0.341 e. The van der Waals surface area contributed by atoms with Gasteiger partial charge in [-0.25, -0.2) is 4.79 Å². The van der Waals surface area contributed by atoms with E-state index >= 15 is 0 Å². The highest BCUT2D eigenvalue weighted by atomic mass is 32.1. The Labute approximate surface area is 177 Å². The van der Waals surface area contributed by atoms with Crippen molar-refractivity contribution in [1.82, 2.24) is 0 Å². The lowest BCUT2D eigenvalue weighted by molar-refractivity contribution is -0.111. The first-order valence-corrected chi connectivity index (χ1v) is 10.3. The summed E-state index contributed by atoms with van der Waals surface area (Å²) >= 11 is 1.29. The Balaban J connectivity index is 1.55. The zero-order valence-electron chi connectivity index (χ0n) is 16.2. The molecule has 2 heterocycles. The number of benzene rings is 2. The molecule has 0 radical (unpaired) electrons. The molecule has 30 heavy (non-hydrogen) atoms. The normalized spacial score (nSPS) is 12.2. The Kier molecular flexibility index (Phi) is 5.81. The van der Waals surface area contributed by atoms with Crippen LogP contribution in [0.2, 0.25) is 0 Å². The molecule has 152 valence electrons. The zero-order valence-corrected chi connectivity index (χ0v) is 17.0. The van der Waals surface area contributed by atoms with Crippen LogP contribution in [0.1, 0.15) is 22.8 Å². The lowest BCUT2D eigenvalue weighted by Gasteiger charge is -2.08. The summed E-state index contributed by atoms with van der Waals surface area (Å²) in [6.45, 7) is 2.20. The largest absolute Gasteiger partial charge is 0.462 e. The molecule has 2 aromatic carbocycles. The van der Waals surface area contributed by atoms with Crippen LogP contribution in [0, 0.1) is 0 Å². The van der Waals surface area contributed by atoms with E-state index < -0.39 is 5.97 Å². The van der Waals surface area contributed by atoms with Crippen LogP contribution in [0.3, 0.4) is 0 Å². The molecule has 1 aliphatic heterocycles. The van der Waals surface area contributed by atoms with Crippen molar-refractivity contribution in [2.75, 3.05) is 18.7 Å². The summed E-state index contributed by atoms with van der Waals surface area (Å²) in [6.07, 6.45) is 3.08. The Morgan fingerprint density at radius 3 is 2.73 bits per heavy atom. The summed E-state index contributed by atoms with van der Waals surface area (Å²) in [7, 11) is 0. The van der Waals surface area contributed by atoms with Crippen LogP contribution in [-0.4, -0.2) is 25.3 Å². The van der Waals surface area contributed by atoms with Gasteiger partial charge in [0.2, 0.25) is 12.7 Å². The van der Waals surface area contributed by atoms with Crippen LogP contribution in [0.4, 0.5) is 5.00 Å². The van der Waals surface area contributed by atoms with Crippen LogP contribution in [0.5, 0.6) is 11.5 Å². The van der Waals surface area contributed by atoms with Crippen LogP contribution in [-0.2, 0) is 9.53 Å². The molecule has 1 amide bonds. The average molecular weight is 421 g/mol. The topological polar surface area (TPSA) is 73.9 Å². The fourth-order valence-electron chi connectivity index (χ4n) is 3.03. The quantitative estimate of drug-likeness (QED) is 0.449. The second-order valence-electron chi connectivity index (χ2n) is 6.38. The Morgan fingerprint density at radius 2 is 1.93 bits per heavy atom. The number of ether oxygens (including phenoxy) is 3. The first-order valence-electron chi connectivity index (χ1n) is 9.38. The number of hydrogen-bond donors (Lipinski definition) is 1. The van der Waals surface area contributed by atoms with E-state index in [2.05, 4.69) is 5.32 Å². The second-order valence-corrected chi connectivity index (χ2v) is 7.25. The van der Waals surface area contributed by atoms with Gasteiger partial charge in [0, 0.05) is 17.0 Å². The van der Waals surface area contributed by atoms with Gasteiger partial charge < -0.3 is 19.5 Å². The van der Waals surface area contributed by atoms with Gasteiger partial charge in [-0.05, 0) is 36.3 Å². The van der Waals surface area contributed by atoms with Crippen molar-refractivity contribution in [2.45, 2.75) is 6.92 Å². The molecule has 0 atom stereocenters. The molecule has 1 aromatic heterocycles. The predicted molar refractivity (Wildman–Crippen MR) is 116 cm³/mol. The van der Waals surface area contributed by atoms with E-state index in [0.29, 0.717) is 22.1 Å². The Hall–Kier alpha value is -3.58. The van der Waals surface area contributed by atoms with E-state index in [1.165, 1.54) is 17.4 Å². The van der Waals surface area contributed by atoms with Crippen molar-refractivity contribution in [3.05, 3.63) is 71.1 Å². The maximum Gasteiger partial charge on any atom is 0.341 e. The van der Waals surface area contributed by atoms with E-state index in [-0.39, 0.29) is 19.3 Å². The van der Waals surface area contributed by atoms with Crippen molar-refractivity contribution in [2.24, 2.45) is 0 Å². The molecule has 0 saturated carbocycles. The molecule has 0 bridgehead atoms. The molecular formula is C23H19NO5S. The standard InChI is InChI=1S/C23H19NO5S/c1-2-27-23(26)21-17(16-6-4-3-5-7-16)13-30-22(21)24-20(25)11-9-15-8-10-18-19(12-15)29-14-28-18/h3-13H,2,14H2,1H3,(H,24,25). The summed E-state index contributed by atoms with van der Waals surface area (Å²) in [5.74, 6) is 0.517. The van der Waals surface area contributed by atoms with Crippen LogP contribution in [0.25, 0.3) is 17.2 Å². The van der Waals surface area contributed by atoms with Crippen LogP contribution < -0.4 is 14.8 Å². The third kappa shape index (κ3) is 4.21. The minimum Gasteiger partial charge on any atom is -0.462 e. The minimum atomic E-state index is -0.465. The molecule has 0 spiro atoms. The van der Waals surface area contributed by atoms with Gasteiger partial charge in [0.1, 0.15) is 10.6 Å². The molecular weight excluding hydrogens is 402 g/mol. The van der Waals surface area contributed by atoms with Gasteiger partial charge in [-0.1, -0.05) is 36.4 Å². The van der Waals surface area contributed by atoms with Gasteiger partial charge in [0.15, 0.2) is 11.5 Å². The van der Waals surface area contributed by atoms with E-state index in [4.69, 9.17) is 14.2 Å². The van der Waals surface area contributed by atoms with Gasteiger partial charge in [-0.2, -0.15) is 0 Å². The fraction of sp³-hybridized carbons (Fsp3) is 0.130. The molecule has 7 heteroatoms. The number of esters is 1. The molecule has 0 fully saturated rings. The summed E-state index contributed by atoms with van der Waals surface area (Å²) in [5, 5.41) is 5.10. The average Bonchev–Trinajstić information content (AvgIpc) is 3.39. The second kappa shape index (κ2) is 8.84. The first-order chi connectivity index (χ1) is 14.7. The number of fused-ring (bicyclic) bond motifs is 1. The maximum absolute atomic E-state index is 12.6. The van der Waals surface area contributed by atoms with Gasteiger partial charge in [0.05, 0.1) is 6.61 Å². The lowest BCUT2D eigenvalue weighted by Crippen LogP contribution is -2.12. The van der Waals surface area contributed by atoms with Crippen LogP contribution >= 0.6 is 11.3 Å². The summed E-state index contributed by atoms with van der Waals surface area (Å²) < 4.78 is 15.8. The minimum absolute atomic E-state index is 0.196. The number of nitrogens with one attached hydrogen (secondary N) is 1. The van der Waals surface area contributed by atoms with E-state index in [1.54, 1.807) is 25.1 Å². The monoisotopic (exact) mass is 421 g/mol. The molecule has 0 aliphatic carbocycles. The first kappa shape index (κ1) is 19.7. The third-order valence-corrected chi connectivity index (χ3v) is 5.31. The van der Waals surface area contributed by atoms with Crippen molar-refractivity contribution < 1.29 is 23.8 Å². The van der Waals surface area contributed by atoms with Gasteiger partial charge in [0.25, 0.3) is 0 Å². The molecule has 0 saturated heterocycles. The number of amides is 1. The Morgan fingerprint density at radius 1 is 1.13 bits per heavy atom. The van der Waals surface area contributed by atoms with Gasteiger partial charge >= 0.3 is 5.97 Å². The lowest BCUT2D eigenvalue weighted by atomic mass is 10.0. The third-order valence-electron chi connectivity index (χ3n) is 4.42. The highest BCUT2D eigenvalue weighted by Crippen LogP contribution is 2.36. The summed E-state index contributed by atoms with van der Waals surface area (Å²) in [6, 6.07) is 15.0. The number of hydrogen-bond acceptors (Lipinski definition) is 6. The maximum atomic E-state index is 12.6. The zero-order chi connectivity index (χ0) is 20.9. The van der Waals surface area contributed by atoms with E-state index in [1.807, 2.05) is 41.8 Å². The number of carbonyl (C=O) groups excluding carboxylic acids is 2.